The Bertz CT molecular complexity index is 1860. The number of carbonyl (C=O) groups is 2. The van der Waals surface area contributed by atoms with E-state index < -0.39 is 41.6 Å². The first kappa shape index (κ1) is 41.7. The van der Waals surface area contributed by atoms with Gasteiger partial charge < -0.3 is 15.8 Å². The second-order valence-corrected chi connectivity index (χ2v) is 24.5. The van der Waals surface area contributed by atoms with E-state index in [1.165, 1.54) is 10.9 Å². The van der Waals surface area contributed by atoms with Crippen molar-refractivity contribution in [3.8, 4) is 11.1 Å². The van der Waals surface area contributed by atoms with Gasteiger partial charge in [-0.3, -0.25) is 14.3 Å². The van der Waals surface area contributed by atoms with Gasteiger partial charge in [0.05, 0.1) is 30.1 Å². The normalized spacial score (nSPS) is 16.9. The number of rotatable bonds is 17. The lowest BCUT2D eigenvalue weighted by atomic mass is 9.63. The molecule has 2 saturated carbocycles. The van der Waals surface area contributed by atoms with Crippen molar-refractivity contribution in [1.29, 1.82) is 0 Å². The van der Waals surface area contributed by atoms with E-state index in [0.29, 0.717) is 29.8 Å². The van der Waals surface area contributed by atoms with Crippen molar-refractivity contribution in [3.63, 3.8) is 0 Å². The molecule has 0 unspecified atom stereocenters. The molecule has 3 heterocycles. The molecule has 2 amide bonds. The van der Waals surface area contributed by atoms with Gasteiger partial charge in [0, 0.05) is 43.3 Å². The van der Waals surface area contributed by atoms with Crippen LogP contribution in [0.5, 0.6) is 0 Å². The monoisotopic (exact) mass is 785 g/mol. The first-order chi connectivity index (χ1) is 25.6. The van der Waals surface area contributed by atoms with E-state index >= 15 is 4.39 Å². The molecule has 3 aromatic rings. The van der Waals surface area contributed by atoms with Crippen molar-refractivity contribution in [2.45, 2.75) is 129 Å². The highest BCUT2D eigenvalue weighted by atomic mass is 32.2. The number of nitrogens with two attached hydrogens (primary N) is 1. The largest absolute Gasteiger partial charge is 0.364 e. The Labute approximate surface area is 321 Å². The minimum atomic E-state index is -3.37. The maximum absolute atomic E-state index is 16.1. The Morgan fingerprint density at radius 3 is 2.20 bits per heavy atom. The third-order valence-corrected chi connectivity index (χ3v) is 13.9. The summed E-state index contributed by atoms with van der Waals surface area (Å²) in [4.78, 5) is 32.1. The topological polar surface area (TPSA) is 164 Å². The van der Waals surface area contributed by atoms with Crippen LogP contribution in [0.2, 0.25) is 25.7 Å². The zero-order chi connectivity index (χ0) is 39.2. The molecule has 2 aliphatic carbocycles. The van der Waals surface area contributed by atoms with Crippen LogP contribution in [0.3, 0.4) is 0 Å². The molecule has 5 rings (SSSR count). The van der Waals surface area contributed by atoms with Crippen LogP contribution < -0.4 is 11.1 Å². The number of nitrogens with one attached hydrogen (secondary N) is 1. The number of hydrogen-bond donors (Lipinski definition) is 2. The summed E-state index contributed by atoms with van der Waals surface area (Å²) in [7, 11) is -4.63. The number of halogens is 1. The zero-order valence-electron chi connectivity index (χ0n) is 33.0. The van der Waals surface area contributed by atoms with E-state index in [1.54, 1.807) is 16.8 Å². The van der Waals surface area contributed by atoms with Crippen LogP contribution in [0.1, 0.15) is 104 Å². The van der Waals surface area contributed by atoms with E-state index in [0.717, 1.165) is 82.2 Å². The average molecular weight is 786 g/mol. The Hall–Kier alpha value is -3.43. The van der Waals surface area contributed by atoms with Gasteiger partial charge in [0.25, 0.3) is 5.91 Å². The molecule has 2 fully saturated rings. The molecular weight excluding hydrogens is 726 g/mol. The van der Waals surface area contributed by atoms with Crippen molar-refractivity contribution >= 4 is 35.5 Å². The van der Waals surface area contributed by atoms with Crippen LogP contribution in [0.15, 0.2) is 18.3 Å². The lowest BCUT2D eigenvalue weighted by Gasteiger charge is -2.41. The number of aryl methyl sites for hydroxylation is 2. The summed E-state index contributed by atoms with van der Waals surface area (Å²) < 4.78 is 49.3. The highest BCUT2D eigenvalue weighted by molar-refractivity contribution is 7.90. The van der Waals surface area contributed by atoms with Crippen molar-refractivity contribution in [2.24, 2.45) is 23.5 Å². The lowest BCUT2D eigenvalue weighted by Crippen LogP contribution is -2.39. The summed E-state index contributed by atoms with van der Waals surface area (Å²) in [5, 5.41) is 12.0. The minimum Gasteiger partial charge on any atom is -0.364 e. The van der Waals surface area contributed by atoms with Gasteiger partial charge in [-0.2, -0.15) is 14.6 Å². The third kappa shape index (κ3) is 10.4. The van der Waals surface area contributed by atoms with Gasteiger partial charge in [-0.25, -0.2) is 18.1 Å². The van der Waals surface area contributed by atoms with E-state index in [1.807, 2.05) is 13.8 Å². The van der Waals surface area contributed by atoms with Crippen LogP contribution in [0, 0.1) is 30.6 Å². The van der Waals surface area contributed by atoms with Gasteiger partial charge in [0.1, 0.15) is 28.1 Å². The Balaban J connectivity index is 1.49. The van der Waals surface area contributed by atoms with E-state index in [-0.39, 0.29) is 53.9 Å². The predicted octanol–water partition coefficient (Wildman–Crippen LogP) is 7.11. The fourth-order valence-electron chi connectivity index (χ4n) is 8.68. The number of primary amides is 1. The fraction of sp³-hybridized carbons (Fsp3) is 0.667. The Kier molecular flexibility index (Phi) is 13.9. The first-order valence-electron chi connectivity index (χ1n) is 19.7. The summed E-state index contributed by atoms with van der Waals surface area (Å²) in [6.45, 7) is 11.6. The number of ether oxygens (including phenoxy) is 1. The second kappa shape index (κ2) is 18.0. The van der Waals surface area contributed by atoms with Crippen LogP contribution >= 0.6 is 0 Å². The van der Waals surface area contributed by atoms with E-state index in [2.05, 4.69) is 40.1 Å². The van der Waals surface area contributed by atoms with Gasteiger partial charge in [0.15, 0.2) is 0 Å². The number of carbonyl (C=O) groups excluding carboxylic acids is 2. The van der Waals surface area contributed by atoms with Gasteiger partial charge in [0.2, 0.25) is 11.9 Å². The zero-order valence-corrected chi connectivity index (χ0v) is 34.8. The molecule has 298 valence electrons. The summed E-state index contributed by atoms with van der Waals surface area (Å²) in [5.41, 5.74) is 8.84. The molecule has 12 nitrogen and oxygen atoms in total. The molecule has 2 aliphatic rings. The quantitative estimate of drug-likeness (QED) is 0.0831. The molecule has 15 heteroatoms. The minimum absolute atomic E-state index is 0.0361. The van der Waals surface area contributed by atoms with Gasteiger partial charge in [-0.1, -0.05) is 90.8 Å². The SMILES string of the molecule is CCc1c(-c2ccc(NC(=O)[C@H](c3cnn(CCS(C)(=O)=O)c3C(N)=O)C(C3CCCCC3)C3CCCCC3)nc2F)c(C)nn1COCC[Si](C)(C)C. The molecule has 0 aliphatic heterocycles. The molecule has 3 aromatic heterocycles. The van der Waals surface area contributed by atoms with Gasteiger partial charge >= 0.3 is 0 Å². The van der Waals surface area contributed by atoms with Crippen LogP contribution in [-0.2, 0) is 39.1 Å². The highest BCUT2D eigenvalue weighted by Gasteiger charge is 2.43. The lowest BCUT2D eigenvalue weighted by molar-refractivity contribution is -0.120. The summed E-state index contributed by atoms with van der Waals surface area (Å²) in [6, 6.07) is 4.27. The summed E-state index contributed by atoms with van der Waals surface area (Å²) in [6.07, 6.45) is 13.6. The van der Waals surface area contributed by atoms with Crippen molar-refractivity contribution in [1.82, 2.24) is 24.5 Å². The van der Waals surface area contributed by atoms with Crippen LogP contribution in [0.4, 0.5) is 10.2 Å². The van der Waals surface area contributed by atoms with Crippen LogP contribution in [-0.4, -0.2) is 71.5 Å². The highest BCUT2D eigenvalue weighted by Crippen LogP contribution is 2.48. The average Bonchev–Trinajstić information content (AvgIpc) is 3.68. The van der Waals surface area contributed by atoms with Crippen molar-refractivity contribution < 1.29 is 27.1 Å². The molecule has 0 saturated heterocycles. The van der Waals surface area contributed by atoms with Gasteiger partial charge in [-0.05, 0) is 49.3 Å². The second-order valence-electron chi connectivity index (χ2n) is 16.6. The van der Waals surface area contributed by atoms with E-state index in [4.69, 9.17) is 10.5 Å². The number of pyridine rings is 1. The number of amides is 2. The molecule has 0 radical (unpaired) electrons. The molecule has 0 spiro atoms. The summed E-state index contributed by atoms with van der Waals surface area (Å²) >= 11 is 0. The fourth-order valence-corrected chi connectivity index (χ4v) is 9.94. The maximum Gasteiger partial charge on any atom is 0.267 e. The molecule has 3 N–H and O–H groups in total. The number of aromatic nitrogens is 5. The number of sulfone groups is 1. The van der Waals surface area contributed by atoms with Crippen molar-refractivity contribution in [3.05, 3.63) is 46.9 Å². The molecule has 0 aromatic carbocycles. The third-order valence-electron chi connectivity index (χ3n) is 11.3. The standard InChI is InChI=1S/C39H60FN7O5SSi/c1-7-31-33(26(2)45-47(31)25-52-21-23-54(4,5)6)29-18-19-32(43-37(29)40)44-39(49)35(30-24-42-46(36(30)38(41)48)20-22-53(3,50)51)34(27-14-10-8-11-15-27)28-16-12-9-13-17-28/h18-19,24,27-28,34-35H,7-17,20-23,25H2,1-6H3,(H2,41,48)(H,43,44,49)/t35-/m1/s1. The number of nitrogens with zero attached hydrogens (tertiary/aromatic N) is 5. The molecular formula is C39H60FN7O5SSi. The smallest absolute Gasteiger partial charge is 0.267 e. The maximum atomic E-state index is 16.1. The molecule has 0 bridgehead atoms. The predicted molar refractivity (Wildman–Crippen MR) is 212 cm³/mol. The Morgan fingerprint density at radius 2 is 1.67 bits per heavy atom. The molecule has 1 atom stereocenters. The number of anilines is 1. The molecule has 54 heavy (non-hydrogen) atoms. The van der Waals surface area contributed by atoms with Gasteiger partial charge in [-0.15, -0.1) is 0 Å². The summed E-state index contributed by atoms with van der Waals surface area (Å²) in [5.74, 6) is -2.58. The first-order valence-corrected chi connectivity index (χ1v) is 25.5. The van der Waals surface area contributed by atoms with Crippen molar-refractivity contribution in [2.75, 3.05) is 23.9 Å². The van der Waals surface area contributed by atoms with Crippen LogP contribution in [0.25, 0.3) is 11.1 Å². The Morgan fingerprint density at radius 1 is 1.04 bits per heavy atom. The van der Waals surface area contributed by atoms with E-state index in [9.17, 15) is 18.0 Å². The number of hydrogen-bond acceptors (Lipinski definition) is 8.